The third-order valence-corrected chi connectivity index (χ3v) is 2.93. The summed E-state index contributed by atoms with van der Waals surface area (Å²) in [6.07, 6.45) is 4.75. The Labute approximate surface area is 101 Å². The first-order chi connectivity index (χ1) is 7.60. The van der Waals surface area contributed by atoms with Crippen molar-refractivity contribution in [2.45, 2.75) is 39.2 Å². The molecule has 0 bridgehead atoms. The zero-order chi connectivity index (χ0) is 12.1. The van der Waals surface area contributed by atoms with E-state index in [4.69, 9.17) is 11.6 Å². The number of halogens is 1. The lowest BCUT2D eigenvalue weighted by molar-refractivity contribution is 0.620. The van der Waals surface area contributed by atoms with Gasteiger partial charge in [-0.25, -0.2) is 4.68 Å². The Morgan fingerprint density at radius 3 is 2.81 bits per heavy atom. The molecule has 1 aromatic heterocycles. The Balaban J connectivity index is 2.89. The van der Waals surface area contributed by atoms with E-state index in [2.05, 4.69) is 24.3 Å². The number of nitrogens with zero attached hydrogens (tertiary/aromatic N) is 2. The van der Waals surface area contributed by atoms with Crippen molar-refractivity contribution in [3.05, 3.63) is 21.6 Å². The summed E-state index contributed by atoms with van der Waals surface area (Å²) in [4.78, 5) is 11.5. The molecule has 1 unspecified atom stereocenters. The van der Waals surface area contributed by atoms with Crippen LogP contribution >= 0.6 is 11.6 Å². The van der Waals surface area contributed by atoms with Crippen LogP contribution in [0, 0.1) is 0 Å². The molecule has 0 radical (unpaired) electrons. The summed E-state index contributed by atoms with van der Waals surface area (Å²) in [5.74, 6) is 0. The number of rotatable bonds is 5. The van der Waals surface area contributed by atoms with Crippen molar-refractivity contribution >= 4 is 17.3 Å². The first-order valence-electron chi connectivity index (χ1n) is 5.58. The molecule has 1 aromatic rings. The van der Waals surface area contributed by atoms with Gasteiger partial charge in [-0.05, 0) is 12.8 Å². The highest BCUT2D eigenvalue weighted by Crippen LogP contribution is 2.18. The molecule has 0 amide bonds. The first-order valence-corrected chi connectivity index (χ1v) is 5.96. The molecule has 1 heterocycles. The molecule has 1 atom stereocenters. The predicted octanol–water partition coefficient (Wildman–Crippen LogP) is 2.42. The molecular weight excluding hydrogens is 226 g/mol. The number of anilines is 1. The molecule has 16 heavy (non-hydrogen) atoms. The molecule has 0 aliphatic carbocycles. The minimum Gasteiger partial charge on any atom is -0.380 e. The zero-order valence-corrected chi connectivity index (χ0v) is 10.7. The molecule has 5 heteroatoms. The summed E-state index contributed by atoms with van der Waals surface area (Å²) in [5, 5.41) is 7.42. The van der Waals surface area contributed by atoms with Crippen LogP contribution in [0.4, 0.5) is 5.69 Å². The highest BCUT2D eigenvalue weighted by Gasteiger charge is 2.11. The van der Waals surface area contributed by atoms with Gasteiger partial charge in [-0.15, -0.1) is 0 Å². The van der Waals surface area contributed by atoms with E-state index in [1.807, 2.05) is 0 Å². The molecule has 1 rings (SSSR count). The van der Waals surface area contributed by atoms with Crippen LogP contribution in [0.5, 0.6) is 0 Å². The molecule has 90 valence electrons. The molecular formula is C11H18ClN3O. The molecule has 0 spiro atoms. The van der Waals surface area contributed by atoms with Crippen LogP contribution in [0.15, 0.2) is 11.0 Å². The number of hydrogen-bond acceptors (Lipinski definition) is 3. The highest BCUT2D eigenvalue weighted by molar-refractivity contribution is 6.32. The third-order valence-electron chi connectivity index (χ3n) is 2.57. The summed E-state index contributed by atoms with van der Waals surface area (Å²) >= 11 is 5.96. The van der Waals surface area contributed by atoms with E-state index < -0.39 is 0 Å². The van der Waals surface area contributed by atoms with Gasteiger partial charge in [0.2, 0.25) is 0 Å². The zero-order valence-electron chi connectivity index (χ0n) is 9.96. The Kier molecular flexibility index (Phi) is 4.80. The minimum absolute atomic E-state index is 0.215. The molecule has 0 saturated heterocycles. The maximum Gasteiger partial charge on any atom is 0.287 e. The largest absolute Gasteiger partial charge is 0.380 e. The standard InChI is InChI=1S/C11H18ClN3O/c1-4-6-8(5-2)14-9-7-13-15(3)11(16)10(9)12/h7-8,14H,4-6H2,1-3H3. The number of hydrogen-bond donors (Lipinski definition) is 1. The van der Waals surface area contributed by atoms with Crippen molar-refractivity contribution in [1.29, 1.82) is 0 Å². The second kappa shape index (κ2) is 5.89. The van der Waals surface area contributed by atoms with Crippen LogP contribution in [0.1, 0.15) is 33.1 Å². The van der Waals surface area contributed by atoms with Gasteiger partial charge in [-0.1, -0.05) is 31.9 Å². The van der Waals surface area contributed by atoms with E-state index in [1.54, 1.807) is 13.2 Å². The third kappa shape index (κ3) is 2.98. The van der Waals surface area contributed by atoms with Crippen molar-refractivity contribution in [1.82, 2.24) is 9.78 Å². The summed E-state index contributed by atoms with van der Waals surface area (Å²) in [7, 11) is 1.58. The minimum atomic E-state index is -0.266. The van der Waals surface area contributed by atoms with Crippen molar-refractivity contribution in [3.63, 3.8) is 0 Å². The maximum atomic E-state index is 11.5. The molecule has 1 N–H and O–H groups in total. The fourth-order valence-corrected chi connectivity index (χ4v) is 1.78. The van der Waals surface area contributed by atoms with Crippen LogP contribution < -0.4 is 10.9 Å². The van der Waals surface area contributed by atoms with Gasteiger partial charge in [0, 0.05) is 13.1 Å². The monoisotopic (exact) mass is 243 g/mol. The second-order valence-corrected chi connectivity index (χ2v) is 4.22. The quantitative estimate of drug-likeness (QED) is 0.864. The average Bonchev–Trinajstić information content (AvgIpc) is 2.29. The molecule has 0 fully saturated rings. The van der Waals surface area contributed by atoms with Crippen LogP contribution in [0.2, 0.25) is 5.02 Å². The van der Waals surface area contributed by atoms with E-state index in [9.17, 15) is 4.79 Å². The number of nitrogens with one attached hydrogen (secondary N) is 1. The SMILES string of the molecule is CCCC(CC)Nc1cnn(C)c(=O)c1Cl. The molecule has 0 aromatic carbocycles. The van der Waals surface area contributed by atoms with Gasteiger partial charge in [0.15, 0.2) is 0 Å². The van der Waals surface area contributed by atoms with Crippen LogP contribution in [-0.2, 0) is 7.05 Å². The fourth-order valence-electron chi connectivity index (χ4n) is 1.56. The molecule has 0 aliphatic heterocycles. The van der Waals surface area contributed by atoms with E-state index in [-0.39, 0.29) is 10.6 Å². The molecule has 0 saturated carbocycles. The fraction of sp³-hybridized carbons (Fsp3) is 0.636. The van der Waals surface area contributed by atoms with Gasteiger partial charge in [0.05, 0.1) is 11.9 Å². The van der Waals surface area contributed by atoms with Crippen molar-refractivity contribution in [2.24, 2.45) is 7.05 Å². The number of aryl methyl sites for hydroxylation is 1. The topological polar surface area (TPSA) is 46.9 Å². The summed E-state index contributed by atoms with van der Waals surface area (Å²) in [6, 6.07) is 0.344. The van der Waals surface area contributed by atoms with Gasteiger partial charge in [-0.3, -0.25) is 4.79 Å². The Morgan fingerprint density at radius 1 is 1.56 bits per heavy atom. The molecule has 4 nitrogen and oxygen atoms in total. The normalized spacial score (nSPS) is 12.5. The lowest BCUT2D eigenvalue weighted by Crippen LogP contribution is -2.24. The van der Waals surface area contributed by atoms with Crippen molar-refractivity contribution in [2.75, 3.05) is 5.32 Å². The number of aromatic nitrogens is 2. The Morgan fingerprint density at radius 2 is 2.25 bits per heavy atom. The predicted molar refractivity (Wildman–Crippen MR) is 67.1 cm³/mol. The van der Waals surface area contributed by atoms with Crippen LogP contribution in [0.25, 0.3) is 0 Å². The first kappa shape index (κ1) is 13.0. The van der Waals surface area contributed by atoms with Gasteiger partial charge in [0.25, 0.3) is 5.56 Å². The van der Waals surface area contributed by atoms with E-state index >= 15 is 0 Å². The summed E-state index contributed by atoms with van der Waals surface area (Å²) in [6.45, 7) is 4.24. The van der Waals surface area contributed by atoms with Gasteiger partial charge in [0.1, 0.15) is 5.02 Å². The van der Waals surface area contributed by atoms with Crippen LogP contribution in [0.3, 0.4) is 0 Å². The Hall–Kier alpha value is -1.03. The molecule has 0 aliphatic rings. The van der Waals surface area contributed by atoms with Crippen molar-refractivity contribution in [3.8, 4) is 0 Å². The summed E-state index contributed by atoms with van der Waals surface area (Å²) in [5.41, 5.74) is 0.364. The average molecular weight is 244 g/mol. The van der Waals surface area contributed by atoms with E-state index in [0.29, 0.717) is 11.7 Å². The highest BCUT2D eigenvalue weighted by atomic mass is 35.5. The van der Waals surface area contributed by atoms with Crippen molar-refractivity contribution < 1.29 is 0 Å². The van der Waals surface area contributed by atoms with Gasteiger partial charge < -0.3 is 5.32 Å². The van der Waals surface area contributed by atoms with Crippen LogP contribution in [-0.4, -0.2) is 15.8 Å². The van der Waals surface area contributed by atoms with Gasteiger partial charge in [-0.2, -0.15) is 5.10 Å². The lowest BCUT2D eigenvalue weighted by atomic mass is 10.1. The van der Waals surface area contributed by atoms with E-state index in [1.165, 1.54) is 4.68 Å². The summed E-state index contributed by atoms with van der Waals surface area (Å²) < 4.78 is 1.23. The van der Waals surface area contributed by atoms with E-state index in [0.717, 1.165) is 19.3 Å². The second-order valence-electron chi connectivity index (χ2n) is 3.84. The Bertz CT molecular complexity index is 403. The lowest BCUT2D eigenvalue weighted by Gasteiger charge is -2.17. The van der Waals surface area contributed by atoms with Gasteiger partial charge >= 0.3 is 0 Å². The smallest absolute Gasteiger partial charge is 0.287 e. The maximum absolute atomic E-state index is 11.5.